The highest BCUT2D eigenvalue weighted by Gasteiger charge is 2.36. The molecule has 0 saturated heterocycles. The zero-order valence-electron chi connectivity index (χ0n) is 16.6. The Morgan fingerprint density at radius 3 is 2.52 bits per heavy atom. The molecular weight excluding hydrogens is 386 g/mol. The van der Waals surface area contributed by atoms with Crippen LogP contribution >= 0.6 is 11.6 Å². The third kappa shape index (κ3) is 4.69. The molecule has 1 heterocycles. The number of carbonyl (C=O) groups is 1. The van der Waals surface area contributed by atoms with E-state index in [1.165, 1.54) is 34.8 Å². The lowest BCUT2D eigenvalue weighted by atomic mass is 10.2. The van der Waals surface area contributed by atoms with Crippen LogP contribution < -0.4 is 5.69 Å². The molecule has 148 valence electrons. The molecule has 1 aromatic carbocycles. The van der Waals surface area contributed by atoms with Crippen molar-refractivity contribution < 1.29 is 14.0 Å². The van der Waals surface area contributed by atoms with Crippen molar-refractivity contribution in [2.75, 3.05) is 13.7 Å². The van der Waals surface area contributed by atoms with Crippen LogP contribution in [0.1, 0.15) is 31.1 Å². The zero-order chi connectivity index (χ0) is 20.4. The number of hydrogen-bond donors (Lipinski definition) is 0. The van der Waals surface area contributed by atoms with Gasteiger partial charge in [-0.2, -0.15) is 5.10 Å². The molecule has 0 radical (unpaired) electrons. The Morgan fingerprint density at radius 2 is 1.96 bits per heavy atom. The smallest absolute Gasteiger partial charge is 0.350 e. The van der Waals surface area contributed by atoms with Crippen LogP contribution in [0.15, 0.2) is 29.3 Å². The third-order valence-corrected chi connectivity index (χ3v) is 9.79. The topological polar surface area (TPSA) is 75.3 Å². The van der Waals surface area contributed by atoms with E-state index in [1.54, 1.807) is 6.07 Å². The summed E-state index contributed by atoms with van der Waals surface area (Å²) in [5, 5.41) is 4.46. The van der Waals surface area contributed by atoms with E-state index in [9.17, 15) is 9.59 Å². The monoisotopic (exact) mass is 411 g/mol. The Hall–Kier alpha value is -1.90. The van der Waals surface area contributed by atoms with Crippen LogP contribution in [0.2, 0.25) is 23.2 Å². The van der Waals surface area contributed by atoms with E-state index in [-0.39, 0.29) is 21.3 Å². The molecule has 27 heavy (non-hydrogen) atoms. The molecule has 9 heteroatoms. The van der Waals surface area contributed by atoms with Crippen molar-refractivity contribution in [3.8, 4) is 5.69 Å². The molecule has 0 aliphatic rings. The number of nitrogens with zero attached hydrogens (tertiary/aromatic N) is 3. The van der Waals surface area contributed by atoms with Gasteiger partial charge in [-0.15, -0.1) is 0 Å². The maximum absolute atomic E-state index is 12.6. The van der Waals surface area contributed by atoms with Crippen molar-refractivity contribution in [2.45, 2.75) is 45.4 Å². The molecule has 0 amide bonds. The van der Waals surface area contributed by atoms with Gasteiger partial charge in [-0.1, -0.05) is 32.4 Å². The Balaban J connectivity index is 2.15. The number of ether oxygens (including phenoxy) is 1. The minimum atomic E-state index is -1.87. The quantitative estimate of drug-likeness (QED) is 0.537. The van der Waals surface area contributed by atoms with Crippen molar-refractivity contribution in [1.82, 2.24) is 14.3 Å². The lowest BCUT2D eigenvalue weighted by Gasteiger charge is -2.36. The van der Waals surface area contributed by atoms with Gasteiger partial charge in [-0.25, -0.2) is 18.8 Å². The van der Waals surface area contributed by atoms with Crippen molar-refractivity contribution in [2.24, 2.45) is 0 Å². The van der Waals surface area contributed by atoms with Gasteiger partial charge in [0.15, 0.2) is 8.32 Å². The molecule has 1 aromatic heterocycles. The highest BCUT2D eigenvalue weighted by atomic mass is 35.5. The Kier molecular flexibility index (Phi) is 6.34. The number of benzene rings is 1. The van der Waals surface area contributed by atoms with Crippen LogP contribution in [0.4, 0.5) is 0 Å². The SMILES string of the molecule is COC(=O)c1ccc(-n2cnn(CCO[Si](C)(C)C(C)(C)C)c2=O)cc1Cl. The molecule has 2 aromatic rings. The van der Waals surface area contributed by atoms with Gasteiger partial charge >= 0.3 is 11.7 Å². The number of esters is 1. The first kappa shape index (κ1) is 21.4. The zero-order valence-corrected chi connectivity index (χ0v) is 18.3. The second kappa shape index (κ2) is 8.00. The number of halogens is 1. The number of aromatic nitrogens is 3. The van der Waals surface area contributed by atoms with Crippen LogP contribution in [0.25, 0.3) is 5.69 Å². The van der Waals surface area contributed by atoms with Gasteiger partial charge < -0.3 is 9.16 Å². The Morgan fingerprint density at radius 1 is 1.30 bits per heavy atom. The summed E-state index contributed by atoms with van der Waals surface area (Å²) in [7, 11) is -0.588. The number of methoxy groups -OCH3 is 1. The summed E-state index contributed by atoms with van der Waals surface area (Å²) >= 11 is 6.13. The second-order valence-corrected chi connectivity index (χ2v) is 13.0. The maximum Gasteiger partial charge on any atom is 0.350 e. The highest BCUT2D eigenvalue weighted by Crippen LogP contribution is 2.36. The summed E-state index contributed by atoms with van der Waals surface area (Å²) in [6, 6.07) is 4.68. The van der Waals surface area contributed by atoms with Gasteiger partial charge in [-0.3, -0.25) is 0 Å². The number of hydrogen-bond acceptors (Lipinski definition) is 5. The molecule has 2 rings (SSSR count). The molecule has 0 fully saturated rings. The first-order valence-corrected chi connectivity index (χ1v) is 11.9. The molecule has 0 aliphatic carbocycles. The molecule has 0 spiro atoms. The molecular formula is C18H26ClN3O4Si. The van der Waals surface area contributed by atoms with E-state index in [0.29, 0.717) is 18.8 Å². The summed E-state index contributed by atoms with van der Waals surface area (Å²) in [6.45, 7) is 11.6. The molecule has 0 atom stereocenters. The molecule has 0 bridgehead atoms. The average Bonchev–Trinajstić information content (AvgIpc) is 2.94. The van der Waals surface area contributed by atoms with Gasteiger partial charge in [0, 0.05) is 0 Å². The first-order valence-electron chi connectivity index (χ1n) is 8.64. The Labute approximate surface area is 165 Å². The lowest BCUT2D eigenvalue weighted by molar-refractivity contribution is 0.0601. The standard InChI is InChI=1S/C18H26ClN3O4Si/c1-18(2,3)27(5,6)26-10-9-22-17(24)21(12-20-22)13-7-8-14(15(19)11-13)16(23)25-4/h7-8,11-12H,9-10H2,1-6H3. The van der Waals surface area contributed by atoms with Crippen molar-refractivity contribution in [3.05, 3.63) is 45.6 Å². The number of carbonyl (C=O) groups excluding carboxylic acids is 1. The minimum Gasteiger partial charge on any atom is -0.465 e. The van der Waals surface area contributed by atoms with Crippen molar-refractivity contribution in [3.63, 3.8) is 0 Å². The van der Waals surface area contributed by atoms with Crippen molar-refractivity contribution in [1.29, 1.82) is 0 Å². The fraction of sp³-hybridized carbons (Fsp3) is 0.500. The molecule has 7 nitrogen and oxygen atoms in total. The normalized spacial score (nSPS) is 12.3. The fourth-order valence-corrected chi connectivity index (χ4v) is 3.49. The summed E-state index contributed by atoms with van der Waals surface area (Å²) in [5.41, 5.74) is 0.469. The van der Waals surface area contributed by atoms with E-state index in [1.807, 2.05) is 0 Å². The lowest BCUT2D eigenvalue weighted by Crippen LogP contribution is -2.42. The summed E-state index contributed by atoms with van der Waals surface area (Å²) < 4.78 is 13.5. The molecule has 0 saturated carbocycles. The van der Waals surface area contributed by atoms with Crippen LogP contribution in [-0.2, 0) is 15.7 Å². The van der Waals surface area contributed by atoms with Crippen LogP contribution in [0.3, 0.4) is 0 Å². The van der Waals surface area contributed by atoms with Gasteiger partial charge in [0.2, 0.25) is 0 Å². The van der Waals surface area contributed by atoms with E-state index in [4.69, 9.17) is 16.0 Å². The predicted molar refractivity (Wildman–Crippen MR) is 107 cm³/mol. The van der Waals surface area contributed by atoms with Gasteiger partial charge in [0.1, 0.15) is 6.33 Å². The summed E-state index contributed by atoms with van der Waals surface area (Å²) in [6.07, 6.45) is 1.43. The van der Waals surface area contributed by atoms with Gasteiger partial charge in [-0.05, 0) is 36.3 Å². The molecule has 0 N–H and O–H groups in total. The van der Waals surface area contributed by atoms with Gasteiger partial charge in [0.25, 0.3) is 0 Å². The highest BCUT2D eigenvalue weighted by molar-refractivity contribution is 6.74. The Bertz CT molecular complexity index is 883. The number of rotatable bonds is 6. The van der Waals surface area contributed by atoms with Gasteiger partial charge in [0.05, 0.1) is 36.5 Å². The summed E-state index contributed by atoms with van der Waals surface area (Å²) in [4.78, 5) is 24.2. The van der Waals surface area contributed by atoms with E-state index < -0.39 is 14.3 Å². The third-order valence-electron chi connectivity index (χ3n) is 4.94. The largest absolute Gasteiger partial charge is 0.465 e. The van der Waals surface area contributed by atoms with Crippen LogP contribution in [0.5, 0.6) is 0 Å². The summed E-state index contributed by atoms with van der Waals surface area (Å²) in [5.74, 6) is -0.530. The van der Waals surface area contributed by atoms with E-state index in [2.05, 4.69) is 43.7 Å². The average molecular weight is 412 g/mol. The van der Waals surface area contributed by atoms with E-state index in [0.717, 1.165) is 0 Å². The second-order valence-electron chi connectivity index (χ2n) is 7.77. The van der Waals surface area contributed by atoms with Crippen molar-refractivity contribution >= 4 is 25.9 Å². The predicted octanol–water partition coefficient (Wildman–Crippen LogP) is 3.50. The van der Waals surface area contributed by atoms with E-state index >= 15 is 0 Å². The van der Waals surface area contributed by atoms with Crippen LogP contribution in [0, 0.1) is 0 Å². The molecule has 0 aliphatic heterocycles. The first-order chi connectivity index (χ1) is 12.5. The maximum atomic E-state index is 12.6. The van der Waals surface area contributed by atoms with Crippen LogP contribution in [-0.4, -0.2) is 42.4 Å². The molecule has 0 unspecified atom stereocenters. The fourth-order valence-electron chi connectivity index (χ4n) is 2.20. The minimum absolute atomic E-state index is 0.107.